The number of nitrogens with one attached hydrogen (secondary N) is 2. The first kappa shape index (κ1) is 20.6. The first-order valence-electron chi connectivity index (χ1n) is 8.17. The Hall–Kier alpha value is -2.72. The highest BCUT2D eigenvalue weighted by Crippen LogP contribution is 2.18. The molecule has 1 atom stereocenters. The number of nitrogens with zero attached hydrogens (tertiary/aromatic N) is 1. The van der Waals surface area contributed by atoms with Crippen molar-refractivity contribution in [2.24, 2.45) is 0 Å². The summed E-state index contributed by atoms with van der Waals surface area (Å²) >= 11 is 0. The van der Waals surface area contributed by atoms with Crippen LogP contribution in [-0.4, -0.2) is 43.1 Å². The molecular formula is C17H21N3O6S. The third kappa shape index (κ3) is 5.14. The van der Waals surface area contributed by atoms with E-state index in [1.54, 1.807) is 12.1 Å². The molecule has 0 aliphatic rings. The van der Waals surface area contributed by atoms with Gasteiger partial charge in [-0.2, -0.15) is 4.72 Å². The van der Waals surface area contributed by atoms with Crippen LogP contribution in [0.5, 0.6) is 0 Å². The molecule has 1 aromatic carbocycles. The lowest BCUT2D eigenvalue weighted by Gasteiger charge is -2.14. The van der Waals surface area contributed by atoms with Crippen molar-refractivity contribution < 1.29 is 27.6 Å². The number of sulfonamides is 1. The molecule has 2 rings (SSSR count). The van der Waals surface area contributed by atoms with Crippen molar-refractivity contribution in [2.45, 2.75) is 38.1 Å². The highest BCUT2D eigenvalue weighted by Gasteiger charge is 2.27. The normalized spacial score (nSPS) is 12.6. The van der Waals surface area contributed by atoms with Crippen LogP contribution in [0.25, 0.3) is 0 Å². The van der Waals surface area contributed by atoms with E-state index in [0.717, 1.165) is 5.56 Å². The number of aromatic carboxylic acids is 1. The van der Waals surface area contributed by atoms with E-state index >= 15 is 0 Å². The van der Waals surface area contributed by atoms with Crippen molar-refractivity contribution in [2.75, 3.05) is 6.54 Å². The highest BCUT2D eigenvalue weighted by molar-refractivity contribution is 7.89. The summed E-state index contributed by atoms with van der Waals surface area (Å²) in [6.45, 7) is 4.70. The smallest absolute Gasteiger partial charge is 0.335 e. The van der Waals surface area contributed by atoms with E-state index in [1.807, 2.05) is 0 Å². The fourth-order valence-electron chi connectivity index (χ4n) is 2.50. The lowest BCUT2D eigenvalue weighted by atomic mass is 10.1. The summed E-state index contributed by atoms with van der Waals surface area (Å²) < 4.78 is 31.9. The summed E-state index contributed by atoms with van der Waals surface area (Å²) in [5.74, 6) is -1.33. The number of carbonyl (C=O) groups is 2. The van der Waals surface area contributed by atoms with Gasteiger partial charge in [0, 0.05) is 6.54 Å². The van der Waals surface area contributed by atoms with Crippen LogP contribution in [0.4, 0.5) is 0 Å². The molecule has 27 heavy (non-hydrogen) atoms. The molecule has 1 amide bonds. The summed E-state index contributed by atoms with van der Waals surface area (Å²) in [5, 5.41) is 15.1. The van der Waals surface area contributed by atoms with Gasteiger partial charge in [-0.15, -0.1) is 0 Å². The number of aryl methyl sites for hydroxylation is 2. The SMILES string of the molecule is Cc1noc(C)c1S(=O)(=O)NC(C)C(=O)NCCc1ccc(C(=O)O)cc1. The zero-order valence-electron chi connectivity index (χ0n) is 15.1. The van der Waals surface area contributed by atoms with Crippen LogP contribution >= 0.6 is 0 Å². The maximum atomic E-state index is 12.4. The molecule has 1 unspecified atom stereocenters. The summed E-state index contributed by atoms with van der Waals surface area (Å²) in [7, 11) is -3.94. The number of carboxylic acid groups (broad SMARTS) is 1. The number of carbonyl (C=O) groups excluding carboxylic acids is 1. The van der Waals surface area contributed by atoms with Gasteiger partial charge in [0.15, 0.2) is 5.76 Å². The van der Waals surface area contributed by atoms with Crippen molar-refractivity contribution in [3.8, 4) is 0 Å². The molecule has 0 spiro atoms. The zero-order chi connectivity index (χ0) is 20.2. The van der Waals surface area contributed by atoms with Crippen molar-refractivity contribution in [3.05, 3.63) is 46.8 Å². The van der Waals surface area contributed by atoms with Gasteiger partial charge in [0.2, 0.25) is 15.9 Å². The molecule has 3 N–H and O–H groups in total. The third-order valence-corrected chi connectivity index (χ3v) is 5.66. The molecule has 0 fully saturated rings. The van der Waals surface area contributed by atoms with Crippen LogP contribution in [0.1, 0.15) is 34.3 Å². The number of hydrogen-bond donors (Lipinski definition) is 3. The fraction of sp³-hybridized carbons (Fsp3) is 0.353. The highest BCUT2D eigenvalue weighted by atomic mass is 32.2. The number of amides is 1. The molecule has 10 heteroatoms. The van der Waals surface area contributed by atoms with Gasteiger partial charge in [0.1, 0.15) is 10.6 Å². The number of benzene rings is 1. The Morgan fingerprint density at radius 3 is 2.37 bits per heavy atom. The largest absolute Gasteiger partial charge is 0.478 e. The molecule has 0 saturated carbocycles. The molecule has 0 saturated heterocycles. The number of aromatic nitrogens is 1. The van der Waals surface area contributed by atoms with Crippen LogP contribution in [0.15, 0.2) is 33.7 Å². The zero-order valence-corrected chi connectivity index (χ0v) is 16.0. The summed E-state index contributed by atoms with van der Waals surface area (Å²) in [4.78, 5) is 22.9. The van der Waals surface area contributed by atoms with E-state index in [2.05, 4.69) is 15.2 Å². The molecule has 146 valence electrons. The van der Waals surface area contributed by atoms with Gasteiger partial charge in [-0.3, -0.25) is 4.79 Å². The maximum Gasteiger partial charge on any atom is 0.335 e. The maximum absolute atomic E-state index is 12.4. The Labute approximate surface area is 156 Å². The Balaban J connectivity index is 1.89. The number of hydrogen-bond acceptors (Lipinski definition) is 6. The summed E-state index contributed by atoms with van der Waals surface area (Å²) in [6, 6.07) is 5.32. The lowest BCUT2D eigenvalue weighted by molar-refractivity contribution is -0.122. The van der Waals surface area contributed by atoms with Gasteiger partial charge in [-0.25, -0.2) is 13.2 Å². The van der Waals surface area contributed by atoms with Crippen LogP contribution in [-0.2, 0) is 21.2 Å². The average molecular weight is 395 g/mol. The van der Waals surface area contributed by atoms with Crippen molar-refractivity contribution in [1.29, 1.82) is 0 Å². The average Bonchev–Trinajstić information content (AvgIpc) is 2.94. The lowest BCUT2D eigenvalue weighted by Crippen LogP contribution is -2.45. The Bertz CT molecular complexity index is 915. The molecule has 9 nitrogen and oxygen atoms in total. The molecule has 0 aliphatic heterocycles. The second kappa shape index (κ2) is 8.31. The van der Waals surface area contributed by atoms with Gasteiger partial charge >= 0.3 is 5.97 Å². The van der Waals surface area contributed by atoms with E-state index in [4.69, 9.17) is 9.63 Å². The first-order chi connectivity index (χ1) is 12.6. The molecule has 1 heterocycles. The molecule has 0 aliphatic carbocycles. The third-order valence-electron chi connectivity index (χ3n) is 3.88. The standard InChI is InChI=1S/C17H21N3O6S/c1-10-15(12(3)26-19-10)27(24,25)20-11(2)16(21)18-9-8-13-4-6-14(7-5-13)17(22)23/h4-7,11,20H,8-9H2,1-3H3,(H,18,21)(H,22,23). The van der Waals surface area contributed by atoms with Gasteiger partial charge in [0.25, 0.3) is 0 Å². The topological polar surface area (TPSA) is 139 Å². The molecule has 2 aromatic rings. The number of rotatable bonds is 8. The minimum absolute atomic E-state index is 0.0688. The van der Waals surface area contributed by atoms with E-state index in [0.29, 0.717) is 6.42 Å². The van der Waals surface area contributed by atoms with Crippen LogP contribution < -0.4 is 10.0 Å². The predicted molar refractivity (Wildman–Crippen MR) is 95.9 cm³/mol. The van der Waals surface area contributed by atoms with Gasteiger partial charge < -0.3 is 14.9 Å². The molecule has 0 radical (unpaired) electrons. The van der Waals surface area contributed by atoms with E-state index in [-0.39, 0.29) is 28.5 Å². The molecule has 1 aromatic heterocycles. The Kier molecular flexibility index (Phi) is 6.34. The molecule has 0 bridgehead atoms. The van der Waals surface area contributed by atoms with Crippen LogP contribution in [0, 0.1) is 13.8 Å². The second-order valence-corrected chi connectivity index (χ2v) is 7.69. The number of carboxylic acids is 1. The predicted octanol–water partition coefficient (Wildman–Crippen LogP) is 1.02. The van der Waals surface area contributed by atoms with Gasteiger partial charge in [-0.05, 0) is 44.9 Å². The monoisotopic (exact) mass is 395 g/mol. The van der Waals surface area contributed by atoms with Crippen molar-refractivity contribution in [1.82, 2.24) is 15.2 Å². The van der Waals surface area contributed by atoms with Crippen molar-refractivity contribution in [3.63, 3.8) is 0 Å². The minimum Gasteiger partial charge on any atom is -0.478 e. The van der Waals surface area contributed by atoms with E-state index < -0.39 is 27.9 Å². The summed E-state index contributed by atoms with van der Waals surface area (Å²) in [5.41, 5.74) is 1.26. The summed E-state index contributed by atoms with van der Waals surface area (Å²) in [6.07, 6.45) is 0.481. The molecular weight excluding hydrogens is 374 g/mol. The first-order valence-corrected chi connectivity index (χ1v) is 9.65. The van der Waals surface area contributed by atoms with E-state index in [9.17, 15) is 18.0 Å². The Morgan fingerprint density at radius 2 is 1.85 bits per heavy atom. The quantitative estimate of drug-likeness (QED) is 0.606. The van der Waals surface area contributed by atoms with Crippen LogP contribution in [0.2, 0.25) is 0 Å². The van der Waals surface area contributed by atoms with Gasteiger partial charge in [0.05, 0.1) is 11.6 Å². The fourth-order valence-corrected chi connectivity index (χ4v) is 4.03. The Morgan fingerprint density at radius 1 is 1.22 bits per heavy atom. The van der Waals surface area contributed by atoms with Crippen LogP contribution in [0.3, 0.4) is 0 Å². The minimum atomic E-state index is -3.94. The van der Waals surface area contributed by atoms with E-state index in [1.165, 1.54) is 32.9 Å². The second-order valence-electron chi connectivity index (χ2n) is 6.04. The van der Waals surface area contributed by atoms with Crippen molar-refractivity contribution >= 4 is 21.9 Å². The van der Waals surface area contributed by atoms with Gasteiger partial charge in [-0.1, -0.05) is 17.3 Å².